The van der Waals surface area contributed by atoms with Gasteiger partial charge in [-0.25, -0.2) is 0 Å². The van der Waals surface area contributed by atoms with Crippen molar-refractivity contribution < 1.29 is 13.2 Å². The number of benzene rings is 1. The molecule has 1 saturated heterocycles. The van der Waals surface area contributed by atoms with Gasteiger partial charge in [0.25, 0.3) is 0 Å². The third-order valence-corrected chi connectivity index (χ3v) is 3.75. The predicted octanol–water partition coefficient (Wildman–Crippen LogP) is 2.93. The second-order valence-corrected chi connectivity index (χ2v) is 5.64. The van der Waals surface area contributed by atoms with Crippen LogP contribution in [0.15, 0.2) is 24.3 Å². The Balaban J connectivity index is 2.03. The molecule has 0 radical (unpaired) electrons. The second-order valence-electron chi connectivity index (χ2n) is 5.64. The molecule has 1 aliphatic heterocycles. The van der Waals surface area contributed by atoms with Gasteiger partial charge in [0.1, 0.15) is 0 Å². The van der Waals surface area contributed by atoms with Gasteiger partial charge in [-0.05, 0) is 31.9 Å². The third-order valence-electron chi connectivity index (χ3n) is 3.75. The normalized spacial score (nSPS) is 21.4. The smallest absolute Gasteiger partial charge is 0.311 e. The molecule has 2 nitrogen and oxygen atoms in total. The summed E-state index contributed by atoms with van der Waals surface area (Å²) in [4.78, 5) is 2.36. The lowest BCUT2D eigenvalue weighted by atomic mass is 10.0. The van der Waals surface area contributed by atoms with Crippen LogP contribution in [0.25, 0.3) is 0 Å². The van der Waals surface area contributed by atoms with Crippen LogP contribution in [0.1, 0.15) is 25.0 Å². The van der Waals surface area contributed by atoms with E-state index in [1.54, 1.807) is 6.07 Å². The average Bonchev–Trinajstić information content (AvgIpc) is 2.38. The van der Waals surface area contributed by atoms with Crippen molar-refractivity contribution in [1.29, 1.82) is 0 Å². The van der Waals surface area contributed by atoms with Crippen molar-refractivity contribution in [3.63, 3.8) is 0 Å². The van der Waals surface area contributed by atoms with Gasteiger partial charge in [-0.1, -0.05) is 18.2 Å². The lowest BCUT2D eigenvalue weighted by Crippen LogP contribution is -2.53. The molecule has 1 fully saturated rings. The van der Waals surface area contributed by atoms with Gasteiger partial charge in [0.2, 0.25) is 0 Å². The lowest BCUT2D eigenvalue weighted by Gasteiger charge is -2.36. The predicted molar refractivity (Wildman–Crippen MR) is 73.6 cm³/mol. The summed E-state index contributed by atoms with van der Waals surface area (Å²) >= 11 is 0. The van der Waals surface area contributed by atoms with E-state index < -0.39 is 11.7 Å². The van der Waals surface area contributed by atoms with Crippen LogP contribution in [0.3, 0.4) is 0 Å². The molecule has 112 valence electrons. The van der Waals surface area contributed by atoms with Gasteiger partial charge in [0.05, 0.1) is 5.56 Å². The van der Waals surface area contributed by atoms with Gasteiger partial charge in [-0.2, -0.15) is 13.2 Å². The Kier molecular flexibility index (Phi) is 4.70. The number of nitrogens with zero attached hydrogens (tertiary/aromatic N) is 1. The van der Waals surface area contributed by atoms with Crippen LogP contribution in [0.2, 0.25) is 0 Å². The number of hydrogen-bond donors (Lipinski definition) is 1. The number of nitrogens with one attached hydrogen (secondary N) is 1. The molecule has 5 heteroatoms. The highest BCUT2D eigenvalue weighted by atomic mass is 19.4. The van der Waals surface area contributed by atoms with Gasteiger partial charge in [-0.3, -0.25) is 4.90 Å². The first kappa shape index (κ1) is 15.3. The summed E-state index contributed by atoms with van der Waals surface area (Å²) in [7, 11) is 0. The van der Waals surface area contributed by atoms with Crippen LogP contribution in [-0.2, 0) is 12.6 Å². The summed E-state index contributed by atoms with van der Waals surface area (Å²) < 4.78 is 38.1. The maximum Gasteiger partial charge on any atom is 0.416 e. The fraction of sp³-hybridized carbons (Fsp3) is 0.600. The third kappa shape index (κ3) is 3.96. The van der Waals surface area contributed by atoms with E-state index in [4.69, 9.17) is 0 Å². The van der Waals surface area contributed by atoms with E-state index in [-0.39, 0.29) is 6.04 Å². The van der Waals surface area contributed by atoms with Crippen molar-refractivity contribution in [1.82, 2.24) is 10.2 Å². The van der Waals surface area contributed by atoms with Crippen molar-refractivity contribution in [2.75, 3.05) is 19.6 Å². The lowest BCUT2D eigenvalue weighted by molar-refractivity contribution is -0.137. The molecule has 0 saturated carbocycles. The molecule has 2 rings (SSSR count). The largest absolute Gasteiger partial charge is 0.416 e. The molecule has 1 N–H and O–H groups in total. The minimum Gasteiger partial charge on any atom is -0.311 e. The van der Waals surface area contributed by atoms with Crippen LogP contribution in [-0.4, -0.2) is 36.6 Å². The van der Waals surface area contributed by atoms with Gasteiger partial charge >= 0.3 is 6.18 Å². The molecule has 1 heterocycles. The molecule has 1 aromatic rings. The van der Waals surface area contributed by atoms with Crippen molar-refractivity contribution in [3.05, 3.63) is 35.4 Å². The summed E-state index contributed by atoms with van der Waals surface area (Å²) in [5, 5.41) is 3.39. The number of hydrogen-bond acceptors (Lipinski definition) is 2. The first-order valence-electron chi connectivity index (χ1n) is 7.00. The molecule has 1 unspecified atom stereocenters. The first-order chi connectivity index (χ1) is 9.36. The molecule has 0 bridgehead atoms. The molecular formula is C15H21F3N2. The van der Waals surface area contributed by atoms with E-state index in [0.717, 1.165) is 31.3 Å². The summed E-state index contributed by atoms with van der Waals surface area (Å²) in [6.45, 7) is 7.06. The minimum atomic E-state index is -4.26. The van der Waals surface area contributed by atoms with Crippen LogP contribution in [0, 0.1) is 0 Å². The Morgan fingerprint density at radius 2 is 2.10 bits per heavy atom. The molecule has 1 aromatic carbocycles. The molecule has 0 spiro atoms. The zero-order chi connectivity index (χ0) is 14.8. The van der Waals surface area contributed by atoms with Gasteiger partial charge in [-0.15, -0.1) is 0 Å². The second kappa shape index (κ2) is 6.14. The SMILES string of the molecule is CC(C)N1CCNC(Cc2cccc(C(F)(F)F)c2)C1. The van der Waals surface area contributed by atoms with E-state index in [0.29, 0.717) is 12.5 Å². The molecular weight excluding hydrogens is 265 g/mol. The van der Waals surface area contributed by atoms with Gasteiger partial charge in [0, 0.05) is 31.7 Å². The van der Waals surface area contributed by atoms with E-state index in [9.17, 15) is 13.2 Å². The van der Waals surface area contributed by atoms with E-state index >= 15 is 0 Å². The fourth-order valence-electron chi connectivity index (χ4n) is 2.62. The standard InChI is InChI=1S/C15H21F3N2/c1-11(2)20-7-6-19-14(10-20)9-12-4-3-5-13(8-12)15(16,17)18/h3-5,8,11,14,19H,6-7,9-10H2,1-2H3. The first-order valence-corrected chi connectivity index (χ1v) is 7.00. The molecule has 1 atom stereocenters. The average molecular weight is 286 g/mol. The van der Waals surface area contributed by atoms with Gasteiger partial charge < -0.3 is 5.32 Å². The Labute approximate surface area is 118 Å². The summed E-state index contributed by atoms with van der Waals surface area (Å²) in [5.74, 6) is 0. The molecule has 0 amide bonds. The Morgan fingerprint density at radius 1 is 1.35 bits per heavy atom. The molecule has 0 aromatic heterocycles. The van der Waals surface area contributed by atoms with Crippen molar-refractivity contribution >= 4 is 0 Å². The number of halogens is 3. The minimum absolute atomic E-state index is 0.217. The Bertz CT molecular complexity index is 443. The van der Waals surface area contributed by atoms with Crippen LogP contribution in [0.4, 0.5) is 13.2 Å². The quantitative estimate of drug-likeness (QED) is 0.919. The number of rotatable bonds is 3. The van der Waals surface area contributed by atoms with E-state index in [2.05, 4.69) is 24.1 Å². The van der Waals surface area contributed by atoms with Crippen LogP contribution >= 0.6 is 0 Å². The van der Waals surface area contributed by atoms with Crippen molar-refractivity contribution in [3.8, 4) is 0 Å². The van der Waals surface area contributed by atoms with E-state index in [1.165, 1.54) is 12.1 Å². The highest BCUT2D eigenvalue weighted by molar-refractivity contribution is 5.26. The maximum absolute atomic E-state index is 12.7. The zero-order valence-corrected chi connectivity index (χ0v) is 11.9. The van der Waals surface area contributed by atoms with Crippen molar-refractivity contribution in [2.45, 2.75) is 38.5 Å². The molecule has 0 aliphatic carbocycles. The number of piperazine rings is 1. The Morgan fingerprint density at radius 3 is 2.75 bits per heavy atom. The van der Waals surface area contributed by atoms with E-state index in [1.807, 2.05) is 0 Å². The Hall–Kier alpha value is -1.07. The molecule has 1 aliphatic rings. The number of alkyl halides is 3. The maximum atomic E-state index is 12.7. The summed E-state index contributed by atoms with van der Waals surface area (Å²) in [6.07, 6.45) is -3.63. The summed E-state index contributed by atoms with van der Waals surface area (Å²) in [5.41, 5.74) is 0.175. The highest BCUT2D eigenvalue weighted by Gasteiger charge is 2.30. The monoisotopic (exact) mass is 286 g/mol. The van der Waals surface area contributed by atoms with Crippen LogP contribution < -0.4 is 5.32 Å². The van der Waals surface area contributed by atoms with Crippen LogP contribution in [0.5, 0.6) is 0 Å². The summed E-state index contributed by atoms with van der Waals surface area (Å²) in [6, 6.07) is 6.33. The van der Waals surface area contributed by atoms with Gasteiger partial charge in [0.15, 0.2) is 0 Å². The topological polar surface area (TPSA) is 15.3 Å². The van der Waals surface area contributed by atoms with Crippen molar-refractivity contribution in [2.24, 2.45) is 0 Å². The highest BCUT2D eigenvalue weighted by Crippen LogP contribution is 2.29. The molecule has 20 heavy (non-hydrogen) atoms. The zero-order valence-electron chi connectivity index (χ0n) is 11.9. The fourth-order valence-corrected chi connectivity index (χ4v) is 2.62.